The van der Waals surface area contributed by atoms with Gasteiger partial charge in [-0.15, -0.1) is 0 Å². The molecule has 0 saturated heterocycles. The van der Waals surface area contributed by atoms with Gasteiger partial charge in [-0.1, -0.05) is 20.8 Å². The van der Waals surface area contributed by atoms with Gasteiger partial charge in [-0.3, -0.25) is 0 Å². The SMILES string of the molecule is CC.CCc1ccnc(N)n1. The van der Waals surface area contributed by atoms with Gasteiger partial charge < -0.3 is 5.73 Å². The summed E-state index contributed by atoms with van der Waals surface area (Å²) < 4.78 is 0. The summed E-state index contributed by atoms with van der Waals surface area (Å²) in [6.07, 6.45) is 2.58. The lowest BCUT2D eigenvalue weighted by Gasteiger charge is -1.93. The fourth-order valence-electron chi connectivity index (χ4n) is 0.610. The van der Waals surface area contributed by atoms with Gasteiger partial charge in [0.05, 0.1) is 0 Å². The van der Waals surface area contributed by atoms with Gasteiger partial charge >= 0.3 is 0 Å². The molecule has 0 unspecified atom stereocenters. The van der Waals surface area contributed by atoms with E-state index in [4.69, 9.17) is 5.73 Å². The van der Waals surface area contributed by atoms with Crippen molar-refractivity contribution in [3.05, 3.63) is 18.0 Å². The summed E-state index contributed by atoms with van der Waals surface area (Å²) in [7, 11) is 0. The quantitative estimate of drug-likeness (QED) is 0.667. The molecule has 1 heterocycles. The second-order valence-electron chi connectivity index (χ2n) is 1.76. The van der Waals surface area contributed by atoms with Crippen molar-refractivity contribution in [1.29, 1.82) is 0 Å². The Morgan fingerprint density at radius 2 is 2.09 bits per heavy atom. The van der Waals surface area contributed by atoms with E-state index in [1.807, 2.05) is 26.8 Å². The summed E-state index contributed by atoms with van der Waals surface area (Å²) >= 11 is 0. The fraction of sp³-hybridized carbons (Fsp3) is 0.500. The molecule has 3 heteroatoms. The van der Waals surface area contributed by atoms with Crippen molar-refractivity contribution in [2.45, 2.75) is 27.2 Å². The number of nitrogens with two attached hydrogens (primary N) is 1. The van der Waals surface area contributed by atoms with Crippen molar-refractivity contribution in [3.8, 4) is 0 Å². The number of aromatic nitrogens is 2. The Morgan fingerprint density at radius 3 is 2.45 bits per heavy atom. The van der Waals surface area contributed by atoms with Gasteiger partial charge in [0.2, 0.25) is 5.95 Å². The molecule has 2 N–H and O–H groups in total. The van der Waals surface area contributed by atoms with E-state index in [1.54, 1.807) is 6.20 Å². The Morgan fingerprint density at radius 1 is 1.45 bits per heavy atom. The summed E-state index contributed by atoms with van der Waals surface area (Å²) in [5, 5.41) is 0. The van der Waals surface area contributed by atoms with Gasteiger partial charge in [-0.05, 0) is 12.5 Å². The summed E-state index contributed by atoms with van der Waals surface area (Å²) in [6, 6.07) is 1.86. The monoisotopic (exact) mass is 153 g/mol. The van der Waals surface area contributed by atoms with Crippen LogP contribution < -0.4 is 5.73 Å². The first-order chi connectivity index (χ1) is 5.33. The van der Waals surface area contributed by atoms with Crippen LogP contribution in [0, 0.1) is 0 Å². The highest BCUT2D eigenvalue weighted by Crippen LogP contribution is 1.95. The molecule has 0 aromatic carbocycles. The summed E-state index contributed by atoms with van der Waals surface area (Å²) in [5.41, 5.74) is 6.30. The molecule has 0 aliphatic carbocycles. The first-order valence-electron chi connectivity index (χ1n) is 3.90. The first-order valence-corrected chi connectivity index (χ1v) is 3.90. The van der Waals surface area contributed by atoms with Gasteiger partial charge in [0.1, 0.15) is 0 Å². The molecule has 1 rings (SSSR count). The molecule has 0 atom stereocenters. The Hall–Kier alpha value is -1.12. The van der Waals surface area contributed by atoms with Gasteiger partial charge in [0.25, 0.3) is 0 Å². The Balaban J connectivity index is 0.000000461. The van der Waals surface area contributed by atoms with Gasteiger partial charge in [-0.25, -0.2) is 9.97 Å². The van der Waals surface area contributed by atoms with Crippen molar-refractivity contribution in [2.75, 3.05) is 5.73 Å². The number of aryl methyl sites for hydroxylation is 1. The zero-order valence-corrected chi connectivity index (χ0v) is 7.33. The standard InChI is InChI=1S/C6H9N3.C2H6/c1-2-5-3-4-8-6(7)9-5;1-2/h3-4H,2H2,1H3,(H2,7,8,9);1-2H3. The first kappa shape index (κ1) is 9.88. The van der Waals surface area contributed by atoms with Crippen molar-refractivity contribution in [2.24, 2.45) is 0 Å². The van der Waals surface area contributed by atoms with Gasteiger partial charge in [-0.2, -0.15) is 0 Å². The number of hydrogen-bond acceptors (Lipinski definition) is 3. The van der Waals surface area contributed by atoms with E-state index >= 15 is 0 Å². The highest BCUT2D eigenvalue weighted by Gasteiger charge is 1.89. The topological polar surface area (TPSA) is 51.8 Å². The zero-order valence-electron chi connectivity index (χ0n) is 7.33. The average molecular weight is 153 g/mol. The normalized spacial score (nSPS) is 8.27. The number of rotatable bonds is 1. The molecule has 0 amide bonds. The minimum Gasteiger partial charge on any atom is -0.368 e. The third-order valence-electron chi connectivity index (χ3n) is 1.09. The molecule has 11 heavy (non-hydrogen) atoms. The second-order valence-corrected chi connectivity index (χ2v) is 1.76. The molecule has 62 valence electrons. The molecule has 0 fully saturated rings. The van der Waals surface area contributed by atoms with E-state index in [1.165, 1.54) is 0 Å². The Bertz CT molecular complexity index is 198. The van der Waals surface area contributed by atoms with E-state index in [9.17, 15) is 0 Å². The van der Waals surface area contributed by atoms with Crippen LogP contribution in [-0.4, -0.2) is 9.97 Å². The van der Waals surface area contributed by atoms with Crippen LogP contribution in [0.4, 0.5) is 5.95 Å². The van der Waals surface area contributed by atoms with Gasteiger partial charge in [0, 0.05) is 11.9 Å². The smallest absolute Gasteiger partial charge is 0.220 e. The number of nitrogen functional groups attached to an aromatic ring is 1. The van der Waals surface area contributed by atoms with Crippen LogP contribution >= 0.6 is 0 Å². The van der Waals surface area contributed by atoms with Crippen LogP contribution in [0.5, 0.6) is 0 Å². The lowest BCUT2D eigenvalue weighted by molar-refractivity contribution is 1.01. The molecule has 0 radical (unpaired) electrons. The highest BCUT2D eigenvalue weighted by molar-refractivity contribution is 5.16. The van der Waals surface area contributed by atoms with Crippen molar-refractivity contribution in [3.63, 3.8) is 0 Å². The van der Waals surface area contributed by atoms with Crippen LogP contribution in [0.3, 0.4) is 0 Å². The van der Waals surface area contributed by atoms with Crippen molar-refractivity contribution in [1.82, 2.24) is 9.97 Å². The molecular weight excluding hydrogens is 138 g/mol. The molecule has 0 saturated carbocycles. The van der Waals surface area contributed by atoms with Crippen LogP contribution in [-0.2, 0) is 6.42 Å². The maximum Gasteiger partial charge on any atom is 0.220 e. The van der Waals surface area contributed by atoms with Crippen molar-refractivity contribution < 1.29 is 0 Å². The molecule has 0 spiro atoms. The third-order valence-corrected chi connectivity index (χ3v) is 1.09. The molecular formula is C8H15N3. The Labute approximate surface area is 67.7 Å². The molecule has 0 aliphatic heterocycles. The summed E-state index contributed by atoms with van der Waals surface area (Å²) in [6.45, 7) is 6.03. The van der Waals surface area contributed by atoms with Crippen LogP contribution in [0.15, 0.2) is 12.3 Å². The summed E-state index contributed by atoms with van der Waals surface area (Å²) in [4.78, 5) is 7.71. The van der Waals surface area contributed by atoms with E-state index in [2.05, 4.69) is 9.97 Å². The van der Waals surface area contributed by atoms with Crippen LogP contribution in [0.2, 0.25) is 0 Å². The predicted octanol–water partition coefficient (Wildman–Crippen LogP) is 1.65. The van der Waals surface area contributed by atoms with Gasteiger partial charge in [0.15, 0.2) is 0 Å². The average Bonchev–Trinajstić information content (AvgIpc) is 2.08. The maximum absolute atomic E-state index is 5.31. The minimum atomic E-state index is 0.356. The Kier molecular flexibility index (Phi) is 5.07. The van der Waals surface area contributed by atoms with E-state index in [-0.39, 0.29) is 0 Å². The van der Waals surface area contributed by atoms with E-state index in [0.29, 0.717) is 5.95 Å². The van der Waals surface area contributed by atoms with Crippen LogP contribution in [0.1, 0.15) is 26.5 Å². The van der Waals surface area contributed by atoms with E-state index < -0.39 is 0 Å². The number of hydrogen-bond donors (Lipinski definition) is 1. The van der Waals surface area contributed by atoms with Crippen LogP contribution in [0.25, 0.3) is 0 Å². The molecule has 0 bridgehead atoms. The van der Waals surface area contributed by atoms with E-state index in [0.717, 1.165) is 12.1 Å². The highest BCUT2D eigenvalue weighted by atomic mass is 15.0. The van der Waals surface area contributed by atoms with Crippen molar-refractivity contribution >= 4 is 5.95 Å². The molecule has 0 aliphatic rings. The lowest BCUT2D eigenvalue weighted by atomic mass is 10.3. The predicted molar refractivity (Wildman–Crippen MR) is 47.2 cm³/mol. The minimum absolute atomic E-state index is 0.356. The lowest BCUT2D eigenvalue weighted by Crippen LogP contribution is -1.96. The third kappa shape index (κ3) is 3.55. The largest absolute Gasteiger partial charge is 0.368 e. The molecule has 1 aromatic rings. The maximum atomic E-state index is 5.31. The zero-order chi connectivity index (χ0) is 8.69. The molecule has 1 aromatic heterocycles. The fourth-order valence-corrected chi connectivity index (χ4v) is 0.610. The molecule has 3 nitrogen and oxygen atoms in total. The number of anilines is 1. The number of nitrogens with zero attached hydrogens (tertiary/aromatic N) is 2. The second kappa shape index (κ2) is 5.65. The summed E-state index contributed by atoms with van der Waals surface area (Å²) in [5.74, 6) is 0.356.